The summed E-state index contributed by atoms with van der Waals surface area (Å²) in [5, 5.41) is 10.6. The highest BCUT2D eigenvalue weighted by Gasteiger charge is 2.14. The highest BCUT2D eigenvalue weighted by molar-refractivity contribution is 5.27. The number of aryl methyl sites for hydroxylation is 1. The maximum atomic E-state index is 4.25. The molecule has 1 aromatic rings. The van der Waals surface area contributed by atoms with Crippen molar-refractivity contribution in [2.24, 2.45) is 0 Å². The molecule has 0 bridgehead atoms. The van der Waals surface area contributed by atoms with Crippen molar-refractivity contribution in [2.45, 2.75) is 40.2 Å². The molecule has 0 aromatic carbocycles. The third-order valence-corrected chi connectivity index (χ3v) is 2.23. The molecule has 3 nitrogen and oxygen atoms in total. The van der Waals surface area contributed by atoms with E-state index in [1.54, 1.807) is 0 Å². The monoisotopic (exact) mass is 181 g/mol. The Balaban J connectivity index is 0.000000396. The molecular formula is C10H19N3. The van der Waals surface area contributed by atoms with Gasteiger partial charge in [0.25, 0.3) is 0 Å². The molecule has 0 fully saturated rings. The fourth-order valence-electron chi connectivity index (χ4n) is 1.60. The zero-order valence-corrected chi connectivity index (χ0v) is 8.78. The Morgan fingerprint density at radius 1 is 1.38 bits per heavy atom. The third-order valence-electron chi connectivity index (χ3n) is 2.23. The van der Waals surface area contributed by atoms with E-state index in [1.807, 2.05) is 13.8 Å². The Labute approximate surface area is 79.9 Å². The highest BCUT2D eigenvalue weighted by atomic mass is 15.1. The number of hydrogen-bond donors (Lipinski definition) is 2. The van der Waals surface area contributed by atoms with Crippen LogP contribution in [0.15, 0.2) is 0 Å². The van der Waals surface area contributed by atoms with Gasteiger partial charge in [-0.25, -0.2) is 0 Å². The highest BCUT2D eigenvalue weighted by Crippen LogP contribution is 2.15. The van der Waals surface area contributed by atoms with Gasteiger partial charge in [0, 0.05) is 6.54 Å². The number of hydrogen-bond acceptors (Lipinski definition) is 2. The van der Waals surface area contributed by atoms with Gasteiger partial charge in [0.05, 0.1) is 11.4 Å². The molecule has 0 saturated carbocycles. The summed E-state index contributed by atoms with van der Waals surface area (Å²) in [6, 6.07) is 0. The molecule has 0 atom stereocenters. The lowest BCUT2D eigenvalue weighted by Gasteiger charge is -2.12. The lowest BCUT2D eigenvalue weighted by Crippen LogP contribution is -2.23. The normalized spacial score (nSPS) is 14.4. The van der Waals surface area contributed by atoms with Crippen molar-refractivity contribution in [3.05, 3.63) is 17.0 Å². The topological polar surface area (TPSA) is 40.7 Å². The average Bonchev–Trinajstić information content (AvgIpc) is 2.64. The molecule has 0 amide bonds. The first-order valence-electron chi connectivity index (χ1n) is 5.17. The lowest BCUT2D eigenvalue weighted by atomic mass is 10.1. The predicted molar refractivity (Wildman–Crippen MR) is 54.7 cm³/mol. The lowest BCUT2D eigenvalue weighted by molar-refractivity contribution is 0.631. The Kier molecular flexibility index (Phi) is 3.96. The van der Waals surface area contributed by atoms with Crippen LogP contribution >= 0.6 is 0 Å². The second-order valence-corrected chi connectivity index (χ2v) is 2.91. The van der Waals surface area contributed by atoms with Crippen LogP contribution in [0.4, 0.5) is 0 Å². The summed E-state index contributed by atoms with van der Waals surface area (Å²) in [5.41, 5.74) is 3.99. The molecule has 3 heteroatoms. The largest absolute Gasteiger partial charge is 0.311 e. The zero-order valence-electron chi connectivity index (χ0n) is 8.78. The molecule has 0 unspecified atom stereocenters. The van der Waals surface area contributed by atoms with E-state index in [0.29, 0.717) is 0 Å². The first kappa shape index (κ1) is 10.3. The second-order valence-electron chi connectivity index (χ2n) is 2.91. The molecule has 0 radical (unpaired) electrons. The molecule has 0 aliphatic carbocycles. The molecule has 74 valence electrons. The van der Waals surface area contributed by atoms with Gasteiger partial charge in [-0.3, -0.25) is 5.10 Å². The van der Waals surface area contributed by atoms with Crippen molar-refractivity contribution < 1.29 is 0 Å². The van der Waals surface area contributed by atoms with Crippen molar-refractivity contribution in [1.29, 1.82) is 0 Å². The van der Waals surface area contributed by atoms with E-state index >= 15 is 0 Å². The Morgan fingerprint density at radius 3 is 2.85 bits per heavy atom. The molecule has 2 heterocycles. The Bertz CT molecular complexity index is 239. The summed E-state index contributed by atoms with van der Waals surface area (Å²) in [7, 11) is 0. The number of aromatic nitrogens is 2. The summed E-state index contributed by atoms with van der Waals surface area (Å²) in [4.78, 5) is 0. The average molecular weight is 181 g/mol. The van der Waals surface area contributed by atoms with Crippen molar-refractivity contribution in [1.82, 2.24) is 15.5 Å². The van der Waals surface area contributed by atoms with Crippen LogP contribution in [0.3, 0.4) is 0 Å². The molecule has 1 aliphatic rings. The van der Waals surface area contributed by atoms with Crippen molar-refractivity contribution in [3.8, 4) is 0 Å². The van der Waals surface area contributed by atoms with Gasteiger partial charge in [0.1, 0.15) is 0 Å². The van der Waals surface area contributed by atoms with E-state index in [4.69, 9.17) is 0 Å². The number of nitrogens with zero attached hydrogens (tertiary/aromatic N) is 1. The van der Waals surface area contributed by atoms with Gasteiger partial charge in [0.15, 0.2) is 0 Å². The maximum absolute atomic E-state index is 4.25. The number of rotatable bonds is 1. The number of H-pyrrole nitrogens is 1. The van der Waals surface area contributed by atoms with E-state index in [2.05, 4.69) is 22.4 Å². The first-order chi connectivity index (χ1) is 6.42. The minimum atomic E-state index is 0.961. The summed E-state index contributed by atoms with van der Waals surface area (Å²) in [5.74, 6) is 0. The smallest absolute Gasteiger partial charge is 0.0655 e. The predicted octanol–water partition coefficient (Wildman–Crippen LogP) is 1.64. The molecule has 0 spiro atoms. The van der Waals surface area contributed by atoms with Crippen LogP contribution in [0.2, 0.25) is 0 Å². The fourth-order valence-corrected chi connectivity index (χ4v) is 1.60. The maximum Gasteiger partial charge on any atom is 0.0655 e. The molecule has 13 heavy (non-hydrogen) atoms. The summed E-state index contributed by atoms with van der Waals surface area (Å²) in [6.45, 7) is 8.21. The Morgan fingerprint density at radius 2 is 2.15 bits per heavy atom. The number of aromatic amines is 1. The van der Waals surface area contributed by atoms with Crippen LogP contribution in [0.25, 0.3) is 0 Å². The third kappa shape index (κ3) is 2.10. The van der Waals surface area contributed by atoms with Crippen molar-refractivity contribution >= 4 is 0 Å². The summed E-state index contributed by atoms with van der Waals surface area (Å²) in [6.07, 6.45) is 2.18. The van der Waals surface area contributed by atoms with Crippen LogP contribution < -0.4 is 5.32 Å². The SMILES string of the molecule is CC.CCc1n[nH]c2c1CCNC2. The van der Waals surface area contributed by atoms with Crippen LogP contribution in [0.1, 0.15) is 37.7 Å². The van der Waals surface area contributed by atoms with E-state index in [1.165, 1.54) is 17.0 Å². The standard InChI is InChI=1S/C8H13N3.C2H6/c1-2-7-6-3-4-9-5-8(6)11-10-7;1-2/h9H,2-5H2,1H3,(H,10,11);1-2H3. The number of nitrogens with one attached hydrogen (secondary N) is 2. The van der Waals surface area contributed by atoms with Gasteiger partial charge in [-0.2, -0.15) is 5.10 Å². The van der Waals surface area contributed by atoms with Crippen molar-refractivity contribution in [2.75, 3.05) is 6.54 Å². The van der Waals surface area contributed by atoms with Gasteiger partial charge in [-0.15, -0.1) is 0 Å². The van der Waals surface area contributed by atoms with Gasteiger partial charge < -0.3 is 5.32 Å². The zero-order chi connectivity index (χ0) is 9.68. The molecule has 2 N–H and O–H groups in total. The van der Waals surface area contributed by atoms with E-state index in [0.717, 1.165) is 25.9 Å². The summed E-state index contributed by atoms with van der Waals surface area (Å²) >= 11 is 0. The van der Waals surface area contributed by atoms with E-state index in [9.17, 15) is 0 Å². The van der Waals surface area contributed by atoms with Gasteiger partial charge >= 0.3 is 0 Å². The van der Waals surface area contributed by atoms with Crippen LogP contribution in [0, 0.1) is 0 Å². The van der Waals surface area contributed by atoms with E-state index in [-0.39, 0.29) is 0 Å². The quantitative estimate of drug-likeness (QED) is 0.691. The molecule has 1 aliphatic heterocycles. The minimum Gasteiger partial charge on any atom is -0.311 e. The molecule has 2 rings (SSSR count). The first-order valence-corrected chi connectivity index (χ1v) is 5.17. The van der Waals surface area contributed by atoms with Gasteiger partial charge in [-0.05, 0) is 24.9 Å². The molecule has 1 aromatic heterocycles. The van der Waals surface area contributed by atoms with Crippen LogP contribution in [0.5, 0.6) is 0 Å². The van der Waals surface area contributed by atoms with Crippen molar-refractivity contribution in [3.63, 3.8) is 0 Å². The minimum absolute atomic E-state index is 0.961. The summed E-state index contributed by atoms with van der Waals surface area (Å²) < 4.78 is 0. The van der Waals surface area contributed by atoms with Gasteiger partial charge in [0.2, 0.25) is 0 Å². The fraction of sp³-hybridized carbons (Fsp3) is 0.700. The molecular weight excluding hydrogens is 162 g/mol. The van der Waals surface area contributed by atoms with Crippen LogP contribution in [-0.2, 0) is 19.4 Å². The molecule has 0 saturated heterocycles. The van der Waals surface area contributed by atoms with Gasteiger partial charge in [-0.1, -0.05) is 20.8 Å². The Hall–Kier alpha value is -0.830. The number of fused-ring (bicyclic) bond motifs is 1. The van der Waals surface area contributed by atoms with Crippen LogP contribution in [-0.4, -0.2) is 16.7 Å². The van der Waals surface area contributed by atoms with E-state index < -0.39 is 0 Å². The second kappa shape index (κ2) is 5.02.